The number of nitrogens with zero attached hydrogens (tertiary/aromatic N) is 5. The highest BCUT2D eigenvalue weighted by Crippen LogP contribution is 2.43. The summed E-state index contributed by atoms with van der Waals surface area (Å²) in [6, 6.07) is 51.9. The van der Waals surface area contributed by atoms with Gasteiger partial charge in [-0.2, -0.15) is 5.10 Å². The molecular formula is C56H53N5O. The van der Waals surface area contributed by atoms with Gasteiger partial charge in [0.25, 0.3) is 0 Å². The molecule has 62 heavy (non-hydrogen) atoms. The van der Waals surface area contributed by atoms with E-state index in [1.807, 2.05) is 12.3 Å². The van der Waals surface area contributed by atoms with Gasteiger partial charge in [0.2, 0.25) is 0 Å². The first-order valence-electron chi connectivity index (χ1n) is 22.0. The topological polar surface area (TPSA) is 49.8 Å². The number of para-hydroxylation sites is 3. The van der Waals surface area contributed by atoms with Crippen LogP contribution in [-0.2, 0) is 23.7 Å². The fraction of sp³-hybridized carbons (Fsp3) is 0.214. The second kappa shape index (κ2) is 14.9. The van der Waals surface area contributed by atoms with Crippen LogP contribution in [0.4, 0.5) is 0 Å². The third-order valence-corrected chi connectivity index (χ3v) is 12.4. The average molecular weight is 812 g/mol. The Morgan fingerprint density at radius 1 is 0.516 bits per heavy atom. The van der Waals surface area contributed by atoms with Crippen molar-refractivity contribution in [2.24, 2.45) is 0 Å². The molecule has 6 aromatic carbocycles. The third kappa shape index (κ3) is 6.48. The summed E-state index contributed by atoms with van der Waals surface area (Å²) < 4.78 is 13.6. The van der Waals surface area contributed by atoms with Crippen LogP contribution in [-0.4, -0.2) is 23.9 Å². The summed E-state index contributed by atoms with van der Waals surface area (Å²) in [6.07, 6.45) is 3.66. The predicted octanol–water partition coefficient (Wildman–Crippen LogP) is 14.6. The number of benzene rings is 6. The number of aromatic nitrogens is 5. The first kappa shape index (κ1) is 39.2. The van der Waals surface area contributed by atoms with E-state index in [1.54, 1.807) is 0 Å². The highest BCUT2D eigenvalue weighted by Gasteiger charge is 2.27. The predicted molar refractivity (Wildman–Crippen MR) is 258 cm³/mol. The maximum absolute atomic E-state index is 6.75. The first-order chi connectivity index (χ1) is 29.9. The largest absolute Gasteiger partial charge is 0.457 e. The van der Waals surface area contributed by atoms with Gasteiger partial charge < -0.3 is 9.30 Å². The lowest BCUT2D eigenvalue weighted by molar-refractivity contribution is 0.482. The molecular weight excluding hydrogens is 759 g/mol. The van der Waals surface area contributed by atoms with Crippen LogP contribution in [0.25, 0.3) is 71.9 Å². The second-order valence-electron chi connectivity index (χ2n) is 18.5. The first-order valence-corrected chi connectivity index (χ1v) is 22.0. The monoisotopic (exact) mass is 811 g/mol. The van der Waals surface area contributed by atoms with Crippen molar-refractivity contribution >= 4 is 43.6 Å². The molecule has 0 amide bonds. The Kier molecular flexibility index (Phi) is 9.44. The zero-order valence-corrected chi connectivity index (χ0v) is 37.0. The van der Waals surface area contributed by atoms with Crippen LogP contribution >= 0.6 is 0 Å². The fourth-order valence-corrected chi connectivity index (χ4v) is 9.56. The van der Waals surface area contributed by atoms with E-state index in [0.717, 1.165) is 69.0 Å². The van der Waals surface area contributed by atoms with Crippen molar-refractivity contribution in [1.82, 2.24) is 23.9 Å². The van der Waals surface area contributed by atoms with Gasteiger partial charge in [-0.25, -0.2) is 9.67 Å². The van der Waals surface area contributed by atoms with Crippen molar-refractivity contribution in [3.63, 3.8) is 0 Å². The van der Waals surface area contributed by atoms with Crippen LogP contribution < -0.4 is 4.74 Å². The molecule has 0 aliphatic heterocycles. The van der Waals surface area contributed by atoms with Gasteiger partial charge in [0.1, 0.15) is 17.3 Å². The lowest BCUT2D eigenvalue weighted by atomic mass is 9.85. The van der Waals surface area contributed by atoms with Crippen molar-refractivity contribution < 1.29 is 4.74 Å². The van der Waals surface area contributed by atoms with Gasteiger partial charge in [0.15, 0.2) is 0 Å². The lowest BCUT2D eigenvalue weighted by Crippen LogP contribution is -2.15. The summed E-state index contributed by atoms with van der Waals surface area (Å²) in [4.78, 5) is 5.11. The van der Waals surface area contributed by atoms with E-state index in [9.17, 15) is 0 Å². The van der Waals surface area contributed by atoms with Crippen molar-refractivity contribution in [2.45, 2.75) is 79.1 Å². The van der Waals surface area contributed by atoms with Gasteiger partial charge in [0.05, 0.1) is 44.8 Å². The minimum Gasteiger partial charge on any atom is -0.457 e. The fourth-order valence-electron chi connectivity index (χ4n) is 9.56. The maximum Gasteiger partial charge on any atom is 0.139 e. The molecule has 0 saturated carbocycles. The number of pyridine rings is 1. The molecule has 0 bridgehead atoms. The van der Waals surface area contributed by atoms with Gasteiger partial charge in [-0.05, 0) is 76.8 Å². The Hall–Kier alpha value is -6.92. The van der Waals surface area contributed by atoms with Gasteiger partial charge in [-0.3, -0.25) is 4.57 Å². The Morgan fingerprint density at radius 3 is 1.82 bits per heavy atom. The number of aryl methyl sites for hydroxylation is 1. The Morgan fingerprint density at radius 2 is 1.15 bits per heavy atom. The molecule has 4 heterocycles. The summed E-state index contributed by atoms with van der Waals surface area (Å²) >= 11 is 0. The molecule has 0 radical (unpaired) electrons. The minimum absolute atomic E-state index is 0.0770. The molecule has 0 spiro atoms. The van der Waals surface area contributed by atoms with Gasteiger partial charge >= 0.3 is 0 Å². The normalized spacial score (nSPS) is 12.3. The Bertz CT molecular complexity index is 3240. The standard InChI is InChI=1S/C56H53N5O/c1-9-47-52(36-19-12-11-13-20-36)48(10-2)61(58-47)38-21-16-22-39(33-38)62-40-29-30-42-41-23-14-15-28-49(41)60(50(42)35-40)51-34-37(31-32-57-51)59-53-43(24-17-26-45(53)55(3,4)5)44-25-18-27-46(54(44)59)56(6,7)8/h11-35H,9-10H2,1-8H3. The van der Waals surface area contributed by atoms with Gasteiger partial charge in [0, 0.05) is 51.5 Å². The van der Waals surface area contributed by atoms with Crippen LogP contribution in [0.15, 0.2) is 152 Å². The van der Waals surface area contributed by atoms with E-state index in [4.69, 9.17) is 14.8 Å². The molecule has 0 saturated heterocycles. The number of hydrogen-bond donors (Lipinski definition) is 0. The van der Waals surface area contributed by atoms with E-state index in [-0.39, 0.29) is 10.8 Å². The number of hydrogen-bond acceptors (Lipinski definition) is 3. The molecule has 10 rings (SSSR count). The molecule has 10 aromatic rings. The minimum atomic E-state index is -0.0770. The molecule has 308 valence electrons. The van der Waals surface area contributed by atoms with Crippen LogP contribution in [0.5, 0.6) is 11.5 Å². The summed E-state index contributed by atoms with van der Waals surface area (Å²) in [5.41, 5.74) is 13.8. The Labute approximate surface area is 364 Å². The quantitative estimate of drug-likeness (QED) is 0.154. The number of rotatable bonds is 8. The molecule has 0 unspecified atom stereocenters. The van der Waals surface area contributed by atoms with Crippen LogP contribution in [0.1, 0.15) is 77.9 Å². The highest BCUT2D eigenvalue weighted by atomic mass is 16.5. The molecule has 4 aromatic heterocycles. The molecule has 0 fully saturated rings. The maximum atomic E-state index is 6.75. The van der Waals surface area contributed by atoms with Crippen LogP contribution in [0, 0.1) is 0 Å². The SMILES string of the molecule is CCc1nn(-c2cccc(Oc3ccc4c5ccccc5n(-c5cc(-n6c7c(C(C)(C)C)cccc7c7cccc(C(C)(C)C)c76)ccn5)c4c3)c2)c(CC)c1-c1ccccc1. The van der Waals surface area contributed by atoms with Crippen LogP contribution in [0.3, 0.4) is 0 Å². The van der Waals surface area contributed by atoms with E-state index >= 15 is 0 Å². The van der Waals surface area contributed by atoms with Crippen molar-refractivity contribution in [3.8, 4) is 39.8 Å². The van der Waals surface area contributed by atoms with Crippen LogP contribution in [0.2, 0.25) is 0 Å². The van der Waals surface area contributed by atoms with Gasteiger partial charge in [-0.1, -0.05) is 146 Å². The zero-order valence-electron chi connectivity index (χ0n) is 37.0. The van der Waals surface area contributed by atoms with E-state index in [1.165, 1.54) is 49.8 Å². The molecule has 0 aliphatic carbocycles. The molecule has 0 atom stereocenters. The molecule has 6 heteroatoms. The van der Waals surface area contributed by atoms with E-state index < -0.39 is 0 Å². The van der Waals surface area contributed by atoms with E-state index in [2.05, 4.69) is 209 Å². The summed E-state index contributed by atoms with van der Waals surface area (Å²) in [5.74, 6) is 2.34. The van der Waals surface area contributed by atoms with Gasteiger partial charge in [-0.15, -0.1) is 0 Å². The molecule has 0 N–H and O–H groups in total. The van der Waals surface area contributed by atoms with Crippen molar-refractivity contribution in [2.75, 3.05) is 0 Å². The highest BCUT2D eigenvalue weighted by molar-refractivity contribution is 6.12. The molecule has 0 aliphatic rings. The average Bonchev–Trinajstić information content (AvgIpc) is 3.93. The Balaban J connectivity index is 1.11. The van der Waals surface area contributed by atoms with Crippen molar-refractivity contribution in [1.29, 1.82) is 0 Å². The lowest BCUT2D eigenvalue weighted by Gasteiger charge is -2.24. The summed E-state index contributed by atoms with van der Waals surface area (Å²) in [6.45, 7) is 18.2. The number of fused-ring (bicyclic) bond motifs is 6. The zero-order chi connectivity index (χ0) is 42.9. The van der Waals surface area contributed by atoms with E-state index in [0.29, 0.717) is 0 Å². The van der Waals surface area contributed by atoms with Crippen molar-refractivity contribution in [3.05, 3.63) is 174 Å². The summed E-state index contributed by atoms with van der Waals surface area (Å²) in [5, 5.41) is 9.98. The smallest absolute Gasteiger partial charge is 0.139 e. The molecule has 6 nitrogen and oxygen atoms in total. The second-order valence-corrected chi connectivity index (χ2v) is 18.5. The summed E-state index contributed by atoms with van der Waals surface area (Å²) in [7, 11) is 0. The number of ether oxygens (including phenoxy) is 1. The third-order valence-electron chi connectivity index (χ3n) is 12.4.